The summed E-state index contributed by atoms with van der Waals surface area (Å²) in [4.78, 5) is 51.0. The molecule has 572 valence electrons. The third-order valence-electron chi connectivity index (χ3n) is 19.1. The van der Waals surface area contributed by atoms with Crippen LogP contribution in [0.4, 0.5) is 0 Å². The molecule has 24 nitrogen and oxygen atoms in total. The molecule has 2 aliphatic heterocycles. The summed E-state index contributed by atoms with van der Waals surface area (Å²) in [6, 6.07) is 0. The van der Waals surface area contributed by atoms with Crippen LogP contribution < -0.4 is 0 Å². The average Bonchev–Trinajstić information content (AvgIpc) is 0.764. The van der Waals surface area contributed by atoms with E-state index in [0.29, 0.717) is 19.3 Å². The Morgan fingerprint density at radius 1 is 0.361 bits per heavy atom. The number of carbonyl (C=O) groups excluding carboxylic acids is 3. The first kappa shape index (κ1) is 89.2. The molecule has 0 aromatic rings. The first-order valence-corrected chi connectivity index (χ1v) is 39.8. The fourth-order valence-corrected chi connectivity index (χ4v) is 13.8. The number of carbonyl (C=O) groups is 3. The van der Waals surface area contributed by atoms with E-state index in [2.05, 4.69) is 20.8 Å². The van der Waals surface area contributed by atoms with Crippen LogP contribution >= 0.6 is 7.82 Å². The van der Waals surface area contributed by atoms with Crippen molar-refractivity contribution in [1.82, 2.24) is 0 Å². The van der Waals surface area contributed by atoms with E-state index in [1.165, 1.54) is 161 Å². The minimum absolute atomic E-state index is 0.0328. The molecular weight excluding hydrogens is 1280 g/mol. The molecule has 97 heavy (non-hydrogen) atoms. The molecule has 3 fully saturated rings. The van der Waals surface area contributed by atoms with Crippen molar-refractivity contribution in [2.45, 2.75) is 414 Å². The van der Waals surface area contributed by atoms with Crippen LogP contribution in [0.1, 0.15) is 310 Å². The van der Waals surface area contributed by atoms with Gasteiger partial charge in [0.15, 0.2) is 18.7 Å². The SMILES string of the molecule is CCCCCCCCCCCCCCCCCCC(=O)OC(COC(=O)CCCCCCCCCCCCCCC)COP(=O)(O)OC1C(OC2OC(CO)C(O)C(O)C2O)C(O)C(O)C(O)C1OC1OC(COC(=O)CCCCCCCCCCCCCCC)C(O)C(O)C1O. The number of aliphatic hydroxyl groups excluding tert-OH is 10. The van der Waals surface area contributed by atoms with Crippen LogP contribution in [0.25, 0.3) is 0 Å². The van der Waals surface area contributed by atoms with Gasteiger partial charge >= 0.3 is 25.7 Å². The number of ether oxygens (including phenoxy) is 7. The van der Waals surface area contributed by atoms with Crippen molar-refractivity contribution in [3.8, 4) is 0 Å². The van der Waals surface area contributed by atoms with E-state index in [-0.39, 0.29) is 19.3 Å². The maximum atomic E-state index is 14.3. The number of unbranched alkanes of at least 4 members (excludes halogenated alkanes) is 39. The Balaban J connectivity index is 1.73. The molecule has 0 aromatic carbocycles. The smallest absolute Gasteiger partial charge is 0.463 e. The summed E-state index contributed by atoms with van der Waals surface area (Å²) >= 11 is 0. The highest BCUT2D eigenvalue weighted by molar-refractivity contribution is 7.47. The van der Waals surface area contributed by atoms with Crippen molar-refractivity contribution in [2.75, 3.05) is 26.4 Å². The second-order valence-corrected chi connectivity index (χ2v) is 29.1. The van der Waals surface area contributed by atoms with Crippen LogP contribution in [0.15, 0.2) is 0 Å². The van der Waals surface area contributed by atoms with Gasteiger partial charge in [-0.2, -0.15) is 0 Å². The van der Waals surface area contributed by atoms with E-state index in [0.717, 1.165) is 89.9 Å². The van der Waals surface area contributed by atoms with Gasteiger partial charge in [0.25, 0.3) is 0 Å². The zero-order chi connectivity index (χ0) is 71.1. The number of phosphoric ester groups is 1. The monoisotopic (exact) mass is 1410 g/mol. The van der Waals surface area contributed by atoms with Crippen molar-refractivity contribution in [1.29, 1.82) is 0 Å². The summed E-state index contributed by atoms with van der Waals surface area (Å²) < 4.78 is 65.1. The lowest BCUT2D eigenvalue weighted by Crippen LogP contribution is -2.69. The minimum Gasteiger partial charge on any atom is -0.463 e. The molecule has 0 bridgehead atoms. The van der Waals surface area contributed by atoms with Crippen molar-refractivity contribution in [3.05, 3.63) is 0 Å². The highest BCUT2D eigenvalue weighted by atomic mass is 31.2. The minimum atomic E-state index is -5.69. The summed E-state index contributed by atoms with van der Waals surface area (Å²) in [5.74, 6) is -1.97. The second-order valence-electron chi connectivity index (χ2n) is 27.7. The molecule has 2 saturated heterocycles. The third kappa shape index (κ3) is 37.8. The average molecular weight is 1420 g/mol. The van der Waals surface area contributed by atoms with Gasteiger partial charge in [-0.25, -0.2) is 4.57 Å². The maximum absolute atomic E-state index is 14.3. The first-order chi connectivity index (χ1) is 46.8. The Labute approximate surface area is 580 Å². The molecule has 2 heterocycles. The standard InChI is InChI=1S/C72H135O24P/c1-4-7-10-13-16-19-22-25-26-27-30-33-36-39-42-45-48-58(76)91-53(50-88-56(74)46-43-40-37-34-31-28-23-20-17-14-11-8-5-2)51-90-97(86,87)96-70-68(94-71-66(84)61(79)59(77)54(49-73)92-71)64(82)63(81)65(83)69(70)95-72-67(85)62(80)60(78)55(93-72)52-89-57(75)47-44-41-38-35-32-29-24-21-18-15-12-9-6-3/h53-55,59-73,77-85H,4-52H2,1-3H3,(H,86,87). The molecule has 18 atom stereocenters. The van der Waals surface area contributed by atoms with Crippen molar-refractivity contribution in [3.63, 3.8) is 0 Å². The van der Waals surface area contributed by atoms with Crippen molar-refractivity contribution in [2.24, 2.45) is 0 Å². The normalized spacial score (nSPS) is 27.7. The lowest BCUT2D eigenvalue weighted by Gasteiger charge is -2.49. The van der Waals surface area contributed by atoms with Crippen LogP contribution in [0.3, 0.4) is 0 Å². The van der Waals surface area contributed by atoms with E-state index >= 15 is 0 Å². The largest absolute Gasteiger partial charge is 0.472 e. The molecule has 1 saturated carbocycles. The van der Waals surface area contributed by atoms with Crippen LogP contribution in [-0.4, -0.2) is 204 Å². The van der Waals surface area contributed by atoms with Gasteiger partial charge in [-0.3, -0.25) is 23.4 Å². The molecule has 0 amide bonds. The van der Waals surface area contributed by atoms with Crippen molar-refractivity contribution < 1.29 is 117 Å². The molecule has 3 rings (SSSR count). The molecule has 11 N–H and O–H groups in total. The molecule has 25 heteroatoms. The molecule has 3 aliphatic rings. The lowest BCUT2D eigenvalue weighted by molar-refractivity contribution is -0.360. The predicted octanol–water partition coefficient (Wildman–Crippen LogP) is 10.6. The number of phosphoric acid groups is 1. The topological polar surface area (TPSA) is 374 Å². The highest BCUT2D eigenvalue weighted by Gasteiger charge is 2.58. The van der Waals surface area contributed by atoms with Gasteiger partial charge in [-0.05, 0) is 19.3 Å². The van der Waals surface area contributed by atoms with Crippen LogP contribution in [0.5, 0.6) is 0 Å². The van der Waals surface area contributed by atoms with Crippen LogP contribution in [0.2, 0.25) is 0 Å². The predicted molar refractivity (Wildman–Crippen MR) is 365 cm³/mol. The maximum Gasteiger partial charge on any atom is 0.472 e. The van der Waals surface area contributed by atoms with E-state index in [9.17, 15) is 74.9 Å². The Morgan fingerprint density at radius 2 is 0.660 bits per heavy atom. The first-order valence-electron chi connectivity index (χ1n) is 38.3. The second kappa shape index (κ2) is 54.6. The van der Waals surface area contributed by atoms with E-state index in [1.807, 2.05) is 0 Å². The fraction of sp³-hybridized carbons (Fsp3) is 0.958. The molecule has 0 spiro atoms. The number of hydrogen-bond acceptors (Lipinski definition) is 23. The molecule has 18 unspecified atom stereocenters. The lowest BCUT2D eigenvalue weighted by atomic mass is 9.84. The van der Waals surface area contributed by atoms with Crippen molar-refractivity contribution >= 4 is 25.7 Å². The van der Waals surface area contributed by atoms with E-state index < -0.39 is 156 Å². The van der Waals surface area contributed by atoms with Gasteiger partial charge in [0.1, 0.15) is 98.7 Å². The van der Waals surface area contributed by atoms with Gasteiger partial charge in [0, 0.05) is 19.3 Å². The Hall–Kier alpha value is -2.04. The van der Waals surface area contributed by atoms with Gasteiger partial charge in [-0.15, -0.1) is 0 Å². The quantitative estimate of drug-likeness (QED) is 0.0117. The number of esters is 3. The number of hydrogen-bond donors (Lipinski definition) is 11. The number of aliphatic hydroxyl groups is 10. The van der Waals surface area contributed by atoms with Gasteiger partial charge in [0.2, 0.25) is 0 Å². The zero-order valence-electron chi connectivity index (χ0n) is 59.6. The van der Waals surface area contributed by atoms with E-state index in [1.54, 1.807) is 0 Å². The Bertz CT molecular complexity index is 2010. The van der Waals surface area contributed by atoms with Crippen LogP contribution in [-0.2, 0) is 61.2 Å². The Morgan fingerprint density at radius 3 is 1.01 bits per heavy atom. The molecule has 0 aromatic heterocycles. The fourth-order valence-electron chi connectivity index (χ4n) is 12.9. The summed E-state index contributed by atoms with van der Waals surface area (Å²) in [6.45, 7) is 3.47. The van der Waals surface area contributed by atoms with Crippen LogP contribution in [0, 0.1) is 0 Å². The van der Waals surface area contributed by atoms with Gasteiger partial charge < -0.3 is 89.1 Å². The molecule has 0 radical (unpaired) electrons. The zero-order valence-corrected chi connectivity index (χ0v) is 60.5. The summed E-state index contributed by atoms with van der Waals surface area (Å²) in [6.07, 6.45) is 11.6. The summed E-state index contributed by atoms with van der Waals surface area (Å²) in [7, 11) is -5.69. The molecule has 1 aliphatic carbocycles. The number of rotatable bonds is 60. The summed E-state index contributed by atoms with van der Waals surface area (Å²) in [5.41, 5.74) is 0. The van der Waals surface area contributed by atoms with Gasteiger partial charge in [-0.1, -0.05) is 271 Å². The summed E-state index contributed by atoms with van der Waals surface area (Å²) in [5, 5.41) is 110. The van der Waals surface area contributed by atoms with Gasteiger partial charge in [0.05, 0.1) is 13.2 Å². The van der Waals surface area contributed by atoms with E-state index in [4.69, 9.17) is 42.2 Å². The highest BCUT2D eigenvalue weighted by Crippen LogP contribution is 2.49. The molecular formula is C72H135O24P. The Kier molecular flexibility index (Phi) is 50.2. The third-order valence-corrected chi connectivity index (χ3v) is 20.1.